The van der Waals surface area contributed by atoms with Crippen LogP contribution in [0.25, 0.3) is 0 Å². The second kappa shape index (κ2) is 16.4. The normalized spacial score (nSPS) is 34.0. The number of ketones is 1. The molecular weight excluding hydrogens is 586 g/mol. The number of hydrogen-bond acceptors (Lipinski definition) is 10. The predicted octanol–water partition coefficient (Wildman–Crippen LogP) is 3.42. The van der Waals surface area contributed by atoms with Crippen molar-refractivity contribution in [2.24, 2.45) is 11.3 Å². The Hall–Kier alpha value is -2.45. The Morgan fingerprint density at radius 1 is 1.11 bits per heavy atom. The van der Waals surface area contributed by atoms with Gasteiger partial charge in [0.15, 0.2) is 12.3 Å². The molecule has 9 atom stereocenters. The fourth-order valence-electron chi connectivity index (χ4n) is 6.27. The second-order valence-corrected chi connectivity index (χ2v) is 12.7. The van der Waals surface area contributed by atoms with Gasteiger partial charge in [-0.25, -0.2) is 4.79 Å². The molecule has 0 bridgehead atoms. The summed E-state index contributed by atoms with van der Waals surface area (Å²) in [5.41, 5.74) is 0.203. The number of carboxylic acids is 1. The Morgan fingerprint density at radius 2 is 1.84 bits per heavy atom. The first-order valence-corrected chi connectivity index (χ1v) is 15.7. The maximum Gasteiger partial charge on any atom is 0.328 e. The van der Waals surface area contributed by atoms with Gasteiger partial charge in [0.2, 0.25) is 5.79 Å². The molecule has 254 valence electrons. The molecule has 3 rings (SSSR count). The number of unbranched alkanes of at least 4 members (excludes halogenated alkanes) is 3. The zero-order valence-electron chi connectivity index (χ0n) is 27.4. The Labute approximate surface area is 266 Å². The largest absolute Gasteiger partial charge is 0.478 e. The molecule has 3 heterocycles. The third-order valence-corrected chi connectivity index (χ3v) is 9.29. The van der Waals surface area contributed by atoms with Crippen LogP contribution in [0.5, 0.6) is 0 Å². The van der Waals surface area contributed by atoms with Crippen LogP contribution < -0.4 is 5.32 Å². The zero-order chi connectivity index (χ0) is 33.4. The van der Waals surface area contributed by atoms with Crippen molar-refractivity contribution in [3.63, 3.8) is 0 Å². The predicted molar refractivity (Wildman–Crippen MR) is 164 cm³/mol. The molecule has 0 radical (unpaired) electrons. The molecule has 0 unspecified atom stereocenters. The Bertz CT molecular complexity index is 1100. The van der Waals surface area contributed by atoms with Crippen LogP contribution in [0.2, 0.25) is 0 Å². The fraction of sp³-hybridized carbons (Fsp3) is 0.727. The molecular formula is C33H51NO11. The van der Waals surface area contributed by atoms with E-state index >= 15 is 0 Å². The van der Waals surface area contributed by atoms with Crippen molar-refractivity contribution in [3.8, 4) is 0 Å². The second-order valence-electron chi connectivity index (χ2n) is 12.7. The summed E-state index contributed by atoms with van der Waals surface area (Å²) >= 11 is 0. The minimum Gasteiger partial charge on any atom is -0.478 e. The molecule has 0 spiro atoms. The lowest BCUT2D eigenvalue weighted by Gasteiger charge is -2.54. The highest BCUT2D eigenvalue weighted by Crippen LogP contribution is 2.44. The number of carbonyl (C=O) groups excluding carboxylic acids is 2. The van der Waals surface area contributed by atoms with Gasteiger partial charge in [-0.1, -0.05) is 57.6 Å². The number of aliphatic hydroxyl groups is 1. The molecule has 0 aromatic heterocycles. The number of carbonyl (C=O) groups is 3. The Morgan fingerprint density at radius 3 is 2.49 bits per heavy atom. The molecule has 12 heteroatoms. The number of allylic oxidation sites excluding steroid dienone is 3. The Kier molecular flexibility index (Phi) is 13.5. The lowest BCUT2D eigenvalue weighted by Crippen LogP contribution is -2.69. The summed E-state index contributed by atoms with van der Waals surface area (Å²) in [6.45, 7) is 11.7. The number of rotatable bonds is 15. The van der Waals surface area contributed by atoms with Crippen LogP contribution in [0.4, 0.5) is 0 Å². The Balaban J connectivity index is 1.62. The third-order valence-electron chi connectivity index (χ3n) is 9.29. The molecule has 0 saturated carbocycles. The summed E-state index contributed by atoms with van der Waals surface area (Å²) in [7, 11) is 2.96. The molecule has 3 fully saturated rings. The number of fused-ring (bicyclic) bond motifs is 1. The average Bonchev–Trinajstić information content (AvgIpc) is 2.98. The van der Waals surface area contributed by atoms with Crippen molar-refractivity contribution in [2.75, 3.05) is 21.0 Å². The van der Waals surface area contributed by atoms with Gasteiger partial charge in [0, 0.05) is 50.9 Å². The number of hydrogen-bond donors (Lipinski definition) is 3. The summed E-state index contributed by atoms with van der Waals surface area (Å²) in [5.74, 6) is -3.27. The standard InChI is InChI=1S/C33H51NO11/c1-20-18-33(41-7,45-22(3)21(20)2)28(38)30(39)34-31-27-26(42-19-43-31)29(40-6)32(4,5)24(44-27)17-23(35)15-13-11-9-8-10-12-14-16-25(36)37/h10,12,14,16,21-22,24,26-29,31,38H,1,8-9,11,13,15,17-19H2,2-7H3,(H,34,39)(H,36,37)/b12-10+,16-14+/t21-,22-,24-,26+,27+,28-,29-,31+,33-/m1/s1. The van der Waals surface area contributed by atoms with Gasteiger partial charge in [-0.05, 0) is 26.2 Å². The van der Waals surface area contributed by atoms with Gasteiger partial charge in [0.05, 0.1) is 18.3 Å². The number of ether oxygens (including phenoxy) is 6. The summed E-state index contributed by atoms with van der Waals surface area (Å²) in [5, 5.41) is 22.5. The molecule has 3 N–H and O–H groups in total. The molecule has 3 saturated heterocycles. The van der Waals surface area contributed by atoms with Crippen molar-refractivity contribution in [2.45, 2.75) is 121 Å². The van der Waals surface area contributed by atoms with Crippen molar-refractivity contribution in [3.05, 3.63) is 36.5 Å². The molecule has 1 amide bonds. The van der Waals surface area contributed by atoms with Gasteiger partial charge in [0.25, 0.3) is 5.91 Å². The van der Waals surface area contributed by atoms with Crippen LogP contribution in [-0.2, 0) is 42.8 Å². The number of methoxy groups -OCH3 is 2. The van der Waals surface area contributed by atoms with Crippen molar-refractivity contribution >= 4 is 17.7 Å². The molecule has 0 aromatic carbocycles. The fourth-order valence-corrected chi connectivity index (χ4v) is 6.27. The van der Waals surface area contributed by atoms with E-state index in [0.29, 0.717) is 6.42 Å². The van der Waals surface area contributed by atoms with Gasteiger partial charge >= 0.3 is 5.97 Å². The van der Waals surface area contributed by atoms with E-state index in [-0.39, 0.29) is 37.4 Å². The van der Waals surface area contributed by atoms with E-state index in [0.717, 1.165) is 37.3 Å². The van der Waals surface area contributed by atoms with E-state index < -0.39 is 59.8 Å². The molecule has 3 aliphatic rings. The topological polar surface area (TPSA) is 159 Å². The smallest absolute Gasteiger partial charge is 0.328 e. The van der Waals surface area contributed by atoms with E-state index in [1.807, 2.05) is 33.8 Å². The lowest BCUT2D eigenvalue weighted by molar-refractivity contribution is -0.330. The van der Waals surface area contributed by atoms with Crippen LogP contribution in [0.15, 0.2) is 36.5 Å². The molecule has 3 aliphatic heterocycles. The average molecular weight is 638 g/mol. The van der Waals surface area contributed by atoms with Crippen molar-refractivity contribution < 1.29 is 53.0 Å². The highest BCUT2D eigenvalue weighted by atomic mass is 16.7. The molecule has 45 heavy (non-hydrogen) atoms. The minimum absolute atomic E-state index is 0.0319. The summed E-state index contributed by atoms with van der Waals surface area (Å²) in [4.78, 5) is 37.0. The number of carboxylic acid groups (broad SMARTS) is 1. The number of aliphatic carboxylic acids is 1. The van der Waals surface area contributed by atoms with Crippen molar-refractivity contribution in [1.29, 1.82) is 0 Å². The number of amides is 1. The number of Topliss-reactive ketones (excluding diaryl/α,β-unsaturated/α-hetero) is 1. The molecule has 0 aliphatic carbocycles. The van der Waals surface area contributed by atoms with E-state index in [1.165, 1.54) is 13.2 Å². The first-order valence-electron chi connectivity index (χ1n) is 15.7. The van der Waals surface area contributed by atoms with Gasteiger partial charge in [-0.3, -0.25) is 9.59 Å². The van der Waals surface area contributed by atoms with Crippen molar-refractivity contribution in [1.82, 2.24) is 5.32 Å². The third kappa shape index (κ3) is 9.09. The van der Waals surface area contributed by atoms with Crippen LogP contribution >= 0.6 is 0 Å². The maximum atomic E-state index is 13.4. The zero-order valence-corrected chi connectivity index (χ0v) is 27.4. The van der Waals surface area contributed by atoms with E-state index in [4.69, 9.17) is 33.5 Å². The highest BCUT2D eigenvalue weighted by Gasteiger charge is 2.57. The quantitative estimate of drug-likeness (QED) is 0.105. The summed E-state index contributed by atoms with van der Waals surface area (Å²) in [6.07, 6.45) is 4.66. The van der Waals surface area contributed by atoms with E-state index in [2.05, 4.69) is 11.9 Å². The van der Waals surface area contributed by atoms with E-state index in [1.54, 1.807) is 13.2 Å². The summed E-state index contributed by atoms with van der Waals surface area (Å²) < 4.78 is 35.6. The summed E-state index contributed by atoms with van der Waals surface area (Å²) in [6, 6.07) is 0. The monoisotopic (exact) mass is 637 g/mol. The maximum absolute atomic E-state index is 13.4. The SMILES string of the molecule is C=C1C[C@](OC)([C@H](O)C(=O)N[C@H]2OCO[C@H]3[C@@H]2O[C@H](CC(=O)CCCCC/C=C/C=C/C(=O)O)C(C)(C)[C@@H]3OC)O[C@H](C)[C@@H]1C. The van der Waals surface area contributed by atoms with Crippen LogP contribution in [0, 0.1) is 11.3 Å². The van der Waals surface area contributed by atoms with Crippen LogP contribution in [-0.4, -0.2) is 97.5 Å². The number of nitrogens with one attached hydrogen (secondary N) is 1. The number of aliphatic hydroxyl groups excluding tert-OH is 1. The van der Waals surface area contributed by atoms with Gasteiger partial charge < -0.3 is 44.0 Å². The highest BCUT2D eigenvalue weighted by molar-refractivity contribution is 5.82. The van der Waals surface area contributed by atoms with Crippen LogP contribution in [0.3, 0.4) is 0 Å². The molecule has 12 nitrogen and oxygen atoms in total. The minimum atomic E-state index is -1.69. The van der Waals surface area contributed by atoms with Gasteiger partial charge in [-0.2, -0.15) is 0 Å². The first kappa shape index (κ1) is 37.0. The first-order chi connectivity index (χ1) is 21.3. The lowest BCUT2D eigenvalue weighted by atomic mass is 9.72. The van der Waals surface area contributed by atoms with Gasteiger partial charge in [0.1, 0.15) is 24.8 Å². The van der Waals surface area contributed by atoms with Gasteiger partial charge in [-0.15, -0.1) is 0 Å². The molecule has 0 aromatic rings. The van der Waals surface area contributed by atoms with E-state index in [9.17, 15) is 19.5 Å². The van der Waals surface area contributed by atoms with Crippen LogP contribution in [0.1, 0.15) is 72.6 Å².